The molecular weight excluding hydrogens is 222 g/mol. The standard InChI is InChI=1S/C16H25NO/c17-13-15(7-2-1-3-8-15)12-14-6-11-16(18-14)9-4-5-10-16/h14H,1-12H2. The molecule has 0 aromatic heterocycles. The Morgan fingerprint density at radius 2 is 1.61 bits per heavy atom. The van der Waals surface area contributed by atoms with Crippen LogP contribution >= 0.6 is 0 Å². The van der Waals surface area contributed by atoms with Gasteiger partial charge in [-0.15, -0.1) is 0 Å². The Morgan fingerprint density at radius 1 is 0.944 bits per heavy atom. The zero-order valence-electron chi connectivity index (χ0n) is 11.4. The molecule has 18 heavy (non-hydrogen) atoms. The van der Waals surface area contributed by atoms with Gasteiger partial charge in [-0.2, -0.15) is 5.26 Å². The molecule has 0 aromatic carbocycles. The molecule has 1 unspecified atom stereocenters. The molecule has 3 fully saturated rings. The van der Waals surface area contributed by atoms with Crippen molar-refractivity contribution >= 4 is 0 Å². The van der Waals surface area contributed by atoms with Crippen molar-refractivity contribution in [3.63, 3.8) is 0 Å². The van der Waals surface area contributed by atoms with Gasteiger partial charge in [-0.25, -0.2) is 0 Å². The minimum Gasteiger partial charge on any atom is -0.372 e. The average Bonchev–Trinajstić information content (AvgIpc) is 3.02. The fraction of sp³-hybridized carbons (Fsp3) is 0.938. The number of rotatable bonds is 2. The maximum absolute atomic E-state index is 9.55. The van der Waals surface area contributed by atoms with E-state index >= 15 is 0 Å². The summed E-state index contributed by atoms with van der Waals surface area (Å²) in [6.07, 6.45) is 15.1. The van der Waals surface area contributed by atoms with E-state index in [0.717, 1.165) is 19.3 Å². The van der Waals surface area contributed by atoms with Crippen LogP contribution in [0.1, 0.15) is 77.0 Å². The predicted octanol–water partition coefficient (Wildman–Crippen LogP) is 4.34. The smallest absolute Gasteiger partial charge is 0.0690 e. The third kappa shape index (κ3) is 2.30. The lowest BCUT2D eigenvalue weighted by Gasteiger charge is -2.33. The van der Waals surface area contributed by atoms with Crippen LogP contribution in [0.4, 0.5) is 0 Å². The average molecular weight is 247 g/mol. The molecule has 2 aliphatic carbocycles. The van der Waals surface area contributed by atoms with Crippen LogP contribution < -0.4 is 0 Å². The first-order chi connectivity index (χ1) is 8.76. The van der Waals surface area contributed by atoms with Gasteiger partial charge in [0.2, 0.25) is 0 Å². The lowest BCUT2D eigenvalue weighted by Crippen LogP contribution is -2.30. The molecule has 0 amide bonds. The van der Waals surface area contributed by atoms with E-state index in [1.807, 2.05) is 0 Å². The molecule has 1 saturated heterocycles. The normalized spacial score (nSPS) is 33.6. The Hall–Kier alpha value is -0.550. The number of nitrogens with zero attached hydrogens (tertiary/aromatic N) is 1. The first kappa shape index (κ1) is 12.5. The van der Waals surface area contributed by atoms with E-state index in [1.165, 1.54) is 57.8 Å². The molecule has 0 N–H and O–H groups in total. The predicted molar refractivity (Wildman–Crippen MR) is 71.1 cm³/mol. The Morgan fingerprint density at radius 3 is 2.28 bits per heavy atom. The molecule has 1 atom stereocenters. The Labute approximate surface area is 111 Å². The maximum atomic E-state index is 9.55. The van der Waals surface area contributed by atoms with E-state index in [2.05, 4.69) is 6.07 Å². The van der Waals surface area contributed by atoms with Crippen LogP contribution in [-0.2, 0) is 4.74 Å². The zero-order valence-corrected chi connectivity index (χ0v) is 11.4. The molecule has 1 aliphatic heterocycles. The van der Waals surface area contributed by atoms with E-state index in [-0.39, 0.29) is 11.0 Å². The summed E-state index contributed by atoms with van der Waals surface area (Å²) in [6.45, 7) is 0. The van der Waals surface area contributed by atoms with Crippen LogP contribution in [0.5, 0.6) is 0 Å². The van der Waals surface area contributed by atoms with Gasteiger partial charge in [0.25, 0.3) is 0 Å². The highest BCUT2D eigenvalue weighted by Crippen LogP contribution is 2.48. The quantitative estimate of drug-likeness (QED) is 0.727. The summed E-state index contributed by atoms with van der Waals surface area (Å²) in [5.41, 5.74) is 0.184. The van der Waals surface area contributed by atoms with Gasteiger partial charge in [0.1, 0.15) is 0 Å². The molecule has 2 heteroatoms. The van der Waals surface area contributed by atoms with Crippen molar-refractivity contribution in [3.05, 3.63) is 0 Å². The van der Waals surface area contributed by atoms with E-state index < -0.39 is 0 Å². The Bertz CT molecular complexity index is 331. The molecule has 2 nitrogen and oxygen atoms in total. The highest BCUT2D eigenvalue weighted by Gasteiger charge is 2.45. The second kappa shape index (κ2) is 4.85. The summed E-state index contributed by atoms with van der Waals surface area (Å²) in [4.78, 5) is 0. The molecular formula is C16H25NO. The molecule has 1 spiro atoms. The fourth-order valence-electron chi connectivity index (χ4n) is 4.45. The SMILES string of the molecule is N#CC1(CC2CCC3(CCCC3)O2)CCCCC1. The summed E-state index contributed by atoms with van der Waals surface area (Å²) < 4.78 is 6.39. The van der Waals surface area contributed by atoms with E-state index in [9.17, 15) is 5.26 Å². The third-order valence-electron chi connectivity index (χ3n) is 5.52. The van der Waals surface area contributed by atoms with Crippen LogP contribution in [0.25, 0.3) is 0 Å². The minimum atomic E-state index is -0.0486. The van der Waals surface area contributed by atoms with E-state index in [1.54, 1.807) is 0 Å². The second-order valence-electron chi connectivity index (χ2n) is 6.83. The van der Waals surface area contributed by atoms with Crippen molar-refractivity contribution in [1.82, 2.24) is 0 Å². The molecule has 0 aromatic rings. The molecule has 100 valence electrons. The number of hydrogen-bond acceptors (Lipinski definition) is 2. The molecule has 1 heterocycles. The van der Waals surface area contributed by atoms with Crippen molar-refractivity contribution in [2.75, 3.05) is 0 Å². The highest BCUT2D eigenvalue weighted by atomic mass is 16.5. The first-order valence-electron chi connectivity index (χ1n) is 7.85. The molecule has 3 rings (SSSR count). The summed E-state index contributed by atoms with van der Waals surface area (Å²) in [6, 6.07) is 2.64. The minimum absolute atomic E-state index is 0.0486. The van der Waals surface area contributed by atoms with Crippen LogP contribution in [-0.4, -0.2) is 11.7 Å². The molecule has 0 bridgehead atoms. The lowest BCUT2D eigenvalue weighted by molar-refractivity contribution is -0.0514. The van der Waals surface area contributed by atoms with E-state index in [4.69, 9.17) is 4.74 Å². The van der Waals surface area contributed by atoms with Gasteiger partial charge in [0.15, 0.2) is 0 Å². The van der Waals surface area contributed by atoms with Crippen molar-refractivity contribution in [3.8, 4) is 6.07 Å². The Kier molecular flexibility index (Phi) is 3.36. The van der Waals surface area contributed by atoms with Crippen LogP contribution in [0.15, 0.2) is 0 Å². The molecule has 2 saturated carbocycles. The largest absolute Gasteiger partial charge is 0.372 e. The summed E-state index contributed by atoms with van der Waals surface area (Å²) in [7, 11) is 0. The van der Waals surface area contributed by atoms with Crippen LogP contribution in [0, 0.1) is 16.7 Å². The van der Waals surface area contributed by atoms with Gasteiger partial charge in [0, 0.05) is 0 Å². The van der Waals surface area contributed by atoms with Gasteiger partial charge in [-0.05, 0) is 44.9 Å². The summed E-state index contributed by atoms with van der Waals surface area (Å²) in [5.74, 6) is 0. The van der Waals surface area contributed by atoms with Gasteiger partial charge >= 0.3 is 0 Å². The van der Waals surface area contributed by atoms with Crippen molar-refractivity contribution < 1.29 is 4.74 Å². The lowest BCUT2D eigenvalue weighted by atomic mass is 9.71. The third-order valence-corrected chi connectivity index (χ3v) is 5.52. The van der Waals surface area contributed by atoms with Crippen LogP contribution in [0.2, 0.25) is 0 Å². The van der Waals surface area contributed by atoms with Crippen molar-refractivity contribution in [2.45, 2.75) is 88.8 Å². The Balaban J connectivity index is 1.61. The van der Waals surface area contributed by atoms with Crippen LogP contribution in [0.3, 0.4) is 0 Å². The van der Waals surface area contributed by atoms with Crippen molar-refractivity contribution in [2.24, 2.45) is 5.41 Å². The molecule has 3 aliphatic rings. The fourth-order valence-corrected chi connectivity index (χ4v) is 4.45. The highest BCUT2D eigenvalue weighted by molar-refractivity contribution is 5.03. The van der Waals surface area contributed by atoms with Gasteiger partial charge in [0.05, 0.1) is 23.2 Å². The zero-order chi connectivity index (χ0) is 12.5. The van der Waals surface area contributed by atoms with E-state index in [0.29, 0.717) is 6.10 Å². The summed E-state index contributed by atoms with van der Waals surface area (Å²) >= 11 is 0. The summed E-state index contributed by atoms with van der Waals surface area (Å²) in [5, 5.41) is 9.55. The number of ether oxygens (including phenoxy) is 1. The van der Waals surface area contributed by atoms with Gasteiger partial charge < -0.3 is 4.74 Å². The van der Waals surface area contributed by atoms with Gasteiger partial charge in [-0.3, -0.25) is 0 Å². The monoisotopic (exact) mass is 247 g/mol. The van der Waals surface area contributed by atoms with Crippen molar-refractivity contribution in [1.29, 1.82) is 5.26 Å². The first-order valence-corrected chi connectivity index (χ1v) is 7.85. The number of nitriles is 1. The number of hydrogen-bond donors (Lipinski definition) is 0. The second-order valence-corrected chi connectivity index (χ2v) is 6.83. The van der Waals surface area contributed by atoms with Gasteiger partial charge in [-0.1, -0.05) is 32.1 Å². The topological polar surface area (TPSA) is 33.0 Å². The maximum Gasteiger partial charge on any atom is 0.0690 e. The molecule has 0 radical (unpaired) electrons.